The number of hydrogen-bond donors (Lipinski definition) is 1. The second kappa shape index (κ2) is 5.69. The summed E-state index contributed by atoms with van der Waals surface area (Å²) in [7, 11) is 4.28. The first kappa shape index (κ1) is 12.0. The molecule has 0 aromatic rings. The van der Waals surface area contributed by atoms with Gasteiger partial charge in [0.1, 0.15) is 0 Å². The van der Waals surface area contributed by atoms with Crippen LogP contribution in [0.3, 0.4) is 0 Å². The maximum absolute atomic E-state index is 3.60. The van der Waals surface area contributed by atoms with Gasteiger partial charge in [0.2, 0.25) is 0 Å². The monoisotopic (exact) mass is 199 g/mol. The Labute approximate surface area is 88.5 Å². The lowest BCUT2D eigenvalue weighted by Crippen LogP contribution is -2.39. The van der Waals surface area contributed by atoms with Crippen LogP contribution in [-0.4, -0.2) is 62.2 Å². The molecule has 1 N–H and O–H groups in total. The van der Waals surface area contributed by atoms with Crippen molar-refractivity contribution in [2.45, 2.75) is 32.4 Å². The van der Waals surface area contributed by atoms with Crippen LogP contribution in [0.2, 0.25) is 0 Å². The molecular weight excluding hydrogens is 174 g/mol. The van der Waals surface area contributed by atoms with Crippen molar-refractivity contribution in [2.75, 3.05) is 40.3 Å². The smallest absolute Gasteiger partial charge is 0.0169 e. The van der Waals surface area contributed by atoms with E-state index in [0.29, 0.717) is 12.1 Å². The maximum Gasteiger partial charge on any atom is 0.0169 e. The molecule has 0 bridgehead atoms. The summed E-state index contributed by atoms with van der Waals surface area (Å²) in [6.07, 6.45) is 1.28. The Kier molecular flexibility index (Phi) is 4.85. The molecule has 0 spiro atoms. The lowest BCUT2D eigenvalue weighted by atomic mass is 10.2. The Hall–Kier alpha value is -0.120. The predicted octanol–water partition coefficient (Wildman–Crippen LogP) is 0.620. The normalized spacial score (nSPS) is 30.6. The molecule has 0 aromatic carbocycles. The van der Waals surface area contributed by atoms with Crippen LogP contribution in [0.5, 0.6) is 0 Å². The zero-order valence-electron chi connectivity index (χ0n) is 10.1. The fourth-order valence-electron chi connectivity index (χ4n) is 2.02. The number of nitrogens with one attached hydrogen (secondary N) is 1. The quantitative estimate of drug-likeness (QED) is 0.719. The standard InChI is InChI=1S/C11H25N3/c1-10-5-6-14(8-7-13(3)4)9-11(2)12-10/h10-12H,5-9H2,1-4H3. The van der Waals surface area contributed by atoms with Crippen molar-refractivity contribution in [3.63, 3.8) is 0 Å². The second-order valence-corrected chi connectivity index (χ2v) is 4.86. The van der Waals surface area contributed by atoms with E-state index in [0.717, 1.165) is 0 Å². The van der Waals surface area contributed by atoms with E-state index in [1.165, 1.54) is 32.6 Å². The summed E-state index contributed by atoms with van der Waals surface area (Å²) in [5, 5.41) is 3.60. The average Bonchev–Trinajstić information content (AvgIpc) is 2.23. The topological polar surface area (TPSA) is 18.5 Å². The van der Waals surface area contributed by atoms with Crippen LogP contribution in [0.1, 0.15) is 20.3 Å². The van der Waals surface area contributed by atoms with Crippen LogP contribution in [0, 0.1) is 0 Å². The van der Waals surface area contributed by atoms with Crippen LogP contribution >= 0.6 is 0 Å². The summed E-state index contributed by atoms with van der Waals surface area (Å²) < 4.78 is 0. The molecule has 84 valence electrons. The molecule has 3 nitrogen and oxygen atoms in total. The van der Waals surface area contributed by atoms with Crippen molar-refractivity contribution in [1.82, 2.24) is 15.1 Å². The Morgan fingerprint density at radius 2 is 2.00 bits per heavy atom. The van der Waals surface area contributed by atoms with Gasteiger partial charge in [0.15, 0.2) is 0 Å². The average molecular weight is 199 g/mol. The first-order chi connectivity index (χ1) is 6.58. The summed E-state index contributed by atoms with van der Waals surface area (Å²) in [4.78, 5) is 4.83. The number of nitrogens with zero attached hydrogens (tertiary/aromatic N) is 2. The molecule has 14 heavy (non-hydrogen) atoms. The van der Waals surface area contributed by atoms with Crippen LogP contribution in [0.15, 0.2) is 0 Å². The summed E-state index contributed by atoms with van der Waals surface area (Å²) in [5.74, 6) is 0. The zero-order valence-corrected chi connectivity index (χ0v) is 10.1. The van der Waals surface area contributed by atoms with E-state index in [2.05, 4.69) is 43.1 Å². The van der Waals surface area contributed by atoms with Gasteiger partial charge in [-0.3, -0.25) is 0 Å². The van der Waals surface area contributed by atoms with E-state index >= 15 is 0 Å². The minimum Gasteiger partial charge on any atom is -0.310 e. The minimum atomic E-state index is 0.634. The Morgan fingerprint density at radius 3 is 2.64 bits per heavy atom. The molecule has 2 atom stereocenters. The van der Waals surface area contributed by atoms with Gasteiger partial charge >= 0.3 is 0 Å². The highest BCUT2D eigenvalue weighted by Crippen LogP contribution is 2.04. The van der Waals surface area contributed by atoms with Gasteiger partial charge in [-0.25, -0.2) is 0 Å². The van der Waals surface area contributed by atoms with Gasteiger partial charge in [-0.1, -0.05) is 0 Å². The molecule has 1 fully saturated rings. The number of rotatable bonds is 3. The third-order valence-electron chi connectivity index (χ3n) is 2.84. The summed E-state index contributed by atoms with van der Waals surface area (Å²) in [6, 6.07) is 1.31. The van der Waals surface area contributed by atoms with Gasteiger partial charge in [-0.15, -0.1) is 0 Å². The molecular formula is C11H25N3. The second-order valence-electron chi connectivity index (χ2n) is 4.86. The highest BCUT2D eigenvalue weighted by Gasteiger charge is 2.17. The minimum absolute atomic E-state index is 0.634. The Balaban J connectivity index is 2.30. The van der Waals surface area contributed by atoms with Gasteiger partial charge in [0, 0.05) is 31.7 Å². The highest BCUT2D eigenvalue weighted by atomic mass is 15.2. The molecule has 1 aliphatic heterocycles. The van der Waals surface area contributed by atoms with Crippen molar-refractivity contribution >= 4 is 0 Å². The molecule has 0 aromatic heterocycles. The SMILES string of the molecule is CC1CCN(CCN(C)C)CC(C)N1. The lowest BCUT2D eigenvalue weighted by Gasteiger charge is -2.23. The third kappa shape index (κ3) is 4.40. The molecule has 0 radical (unpaired) electrons. The fourth-order valence-corrected chi connectivity index (χ4v) is 2.02. The van der Waals surface area contributed by atoms with Gasteiger partial charge in [0.05, 0.1) is 0 Å². The molecule has 1 rings (SSSR count). The summed E-state index contributed by atoms with van der Waals surface area (Å²) >= 11 is 0. The van der Waals surface area contributed by atoms with Crippen molar-refractivity contribution in [2.24, 2.45) is 0 Å². The summed E-state index contributed by atoms with van der Waals surface area (Å²) in [5.41, 5.74) is 0. The lowest BCUT2D eigenvalue weighted by molar-refractivity contribution is 0.240. The molecule has 1 heterocycles. The van der Waals surface area contributed by atoms with Crippen molar-refractivity contribution in [3.8, 4) is 0 Å². The van der Waals surface area contributed by atoms with Crippen LogP contribution in [0.25, 0.3) is 0 Å². The highest BCUT2D eigenvalue weighted by molar-refractivity contribution is 4.77. The third-order valence-corrected chi connectivity index (χ3v) is 2.84. The van der Waals surface area contributed by atoms with E-state index in [4.69, 9.17) is 0 Å². The van der Waals surface area contributed by atoms with Crippen LogP contribution in [-0.2, 0) is 0 Å². The fraction of sp³-hybridized carbons (Fsp3) is 1.00. The van der Waals surface area contributed by atoms with Gasteiger partial charge < -0.3 is 15.1 Å². The van der Waals surface area contributed by atoms with Crippen molar-refractivity contribution in [3.05, 3.63) is 0 Å². The molecule has 0 aliphatic carbocycles. The largest absolute Gasteiger partial charge is 0.310 e. The van der Waals surface area contributed by atoms with Crippen molar-refractivity contribution in [1.29, 1.82) is 0 Å². The van der Waals surface area contributed by atoms with Crippen LogP contribution < -0.4 is 5.32 Å². The van der Waals surface area contributed by atoms with Crippen LogP contribution in [0.4, 0.5) is 0 Å². The van der Waals surface area contributed by atoms with E-state index in [1.54, 1.807) is 0 Å². The Morgan fingerprint density at radius 1 is 1.29 bits per heavy atom. The van der Waals surface area contributed by atoms with E-state index in [1.807, 2.05) is 0 Å². The maximum atomic E-state index is 3.60. The first-order valence-corrected chi connectivity index (χ1v) is 5.71. The number of hydrogen-bond acceptors (Lipinski definition) is 3. The van der Waals surface area contributed by atoms with E-state index < -0.39 is 0 Å². The van der Waals surface area contributed by atoms with Gasteiger partial charge in [-0.2, -0.15) is 0 Å². The predicted molar refractivity (Wildman–Crippen MR) is 61.7 cm³/mol. The van der Waals surface area contributed by atoms with Gasteiger partial charge in [-0.05, 0) is 40.9 Å². The van der Waals surface area contributed by atoms with E-state index in [-0.39, 0.29) is 0 Å². The molecule has 0 amide bonds. The molecule has 1 saturated heterocycles. The summed E-state index contributed by atoms with van der Waals surface area (Å²) in [6.45, 7) is 9.37. The first-order valence-electron chi connectivity index (χ1n) is 5.71. The molecule has 2 unspecified atom stereocenters. The number of likely N-dealkylation sites (N-methyl/N-ethyl adjacent to an activating group) is 1. The Bertz CT molecular complexity index is 159. The molecule has 1 aliphatic rings. The molecule has 0 saturated carbocycles. The van der Waals surface area contributed by atoms with Crippen molar-refractivity contribution < 1.29 is 0 Å². The van der Waals surface area contributed by atoms with E-state index in [9.17, 15) is 0 Å². The molecule has 3 heteroatoms. The van der Waals surface area contributed by atoms with Gasteiger partial charge in [0.25, 0.3) is 0 Å². The zero-order chi connectivity index (χ0) is 10.6.